The van der Waals surface area contributed by atoms with E-state index in [9.17, 15) is 4.79 Å². The van der Waals surface area contributed by atoms with Gasteiger partial charge in [-0.1, -0.05) is 33.1 Å². The molecule has 2 saturated carbocycles. The van der Waals surface area contributed by atoms with Crippen LogP contribution in [0.15, 0.2) is 0 Å². The smallest absolute Gasteiger partial charge is 0.309 e. The van der Waals surface area contributed by atoms with Crippen molar-refractivity contribution in [1.82, 2.24) is 0 Å². The number of ether oxygens (including phenoxy) is 3. The Morgan fingerprint density at radius 2 is 1.61 bits per heavy atom. The lowest BCUT2D eigenvalue weighted by atomic mass is 9.81. The summed E-state index contributed by atoms with van der Waals surface area (Å²) in [5.41, 5.74) is 0. The molecule has 3 unspecified atom stereocenters. The highest BCUT2D eigenvalue weighted by molar-refractivity contribution is 5.72. The predicted molar refractivity (Wildman–Crippen MR) is 111 cm³/mol. The van der Waals surface area contributed by atoms with Crippen LogP contribution in [0.4, 0.5) is 0 Å². The fourth-order valence-corrected chi connectivity index (χ4v) is 5.49. The molecule has 3 rings (SSSR count). The second-order valence-corrected chi connectivity index (χ2v) is 9.57. The summed E-state index contributed by atoms with van der Waals surface area (Å²) in [6.07, 6.45) is 13.8. The predicted octanol–water partition coefficient (Wildman–Crippen LogP) is 5.87. The molecule has 162 valence electrons. The lowest BCUT2D eigenvalue weighted by Gasteiger charge is -2.40. The van der Waals surface area contributed by atoms with E-state index >= 15 is 0 Å². The van der Waals surface area contributed by atoms with Gasteiger partial charge in [-0.05, 0) is 70.6 Å². The summed E-state index contributed by atoms with van der Waals surface area (Å²) in [6, 6.07) is 0. The Balaban J connectivity index is 1.36. The van der Waals surface area contributed by atoms with Gasteiger partial charge in [0.1, 0.15) is 6.10 Å². The van der Waals surface area contributed by atoms with Crippen LogP contribution in [0.3, 0.4) is 0 Å². The van der Waals surface area contributed by atoms with Gasteiger partial charge >= 0.3 is 5.97 Å². The molecule has 1 heterocycles. The van der Waals surface area contributed by atoms with E-state index in [1.807, 2.05) is 0 Å². The Bertz CT molecular complexity index is 463. The van der Waals surface area contributed by atoms with Crippen LogP contribution in [0.1, 0.15) is 97.8 Å². The van der Waals surface area contributed by atoms with Crippen molar-refractivity contribution in [1.29, 1.82) is 0 Å². The summed E-state index contributed by atoms with van der Waals surface area (Å²) < 4.78 is 18.2. The minimum absolute atomic E-state index is 0.0549. The van der Waals surface area contributed by atoms with Gasteiger partial charge in [-0.2, -0.15) is 0 Å². The van der Waals surface area contributed by atoms with Crippen molar-refractivity contribution in [2.75, 3.05) is 6.61 Å². The number of hydrogen-bond acceptors (Lipinski definition) is 4. The summed E-state index contributed by atoms with van der Waals surface area (Å²) in [4.78, 5) is 12.6. The van der Waals surface area contributed by atoms with E-state index in [1.54, 1.807) is 0 Å². The lowest BCUT2D eigenvalue weighted by molar-refractivity contribution is -0.257. The van der Waals surface area contributed by atoms with Crippen LogP contribution >= 0.6 is 0 Å². The molecule has 0 aromatic rings. The zero-order valence-electron chi connectivity index (χ0n) is 18.4. The molecular weight excluding hydrogens is 352 g/mol. The van der Waals surface area contributed by atoms with Crippen molar-refractivity contribution in [3.63, 3.8) is 0 Å². The molecule has 3 atom stereocenters. The zero-order valence-corrected chi connectivity index (χ0v) is 18.4. The van der Waals surface area contributed by atoms with Gasteiger partial charge in [0.2, 0.25) is 0 Å². The van der Waals surface area contributed by atoms with Gasteiger partial charge in [0, 0.05) is 11.8 Å². The van der Waals surface area contributed by atoms with E-state index in [-0.39, 0.29) is 30.4 Å². The third-order valence-corrected chi connectivity index (χ3v) is 7.41. The first kappa shape index (κ1) is 22.1. The summed E-state index contributed by atoms with van der Waals surface area (Å²) in [5, 5.41) is 0. The van der Waals surface area contributed by atoms with Crippen molar-refractivity contribution < 1.29 is 19.0 Å². The van der Waals surface area contributed by atoms with E-state index in [0.29, 0.717) is 11.8 Å². The van der Waals surface area contributed by atoms with Gasteiger partial charge in [0.15, 0.2) is 6.29 Å². The topological polar surface area (TPSA) is 44.8 Å². The highest BCUT2D eigenvalue weighted by Gasteiger charge is 2.37. The zero-order chi connectivity index (χ0) is 19.9. The SMILES string of the molecule is CCCC1COC([C@H]2CC[C@H](C(=O)O[C@H]3CC[C@H](CCC)CC3)CC2)OC1C. The van der Waals surface area contributed by atoms with Gasteiger partial charge in [-0.3, -0.25) is 4.79 Å². The van der Waals surface area contributed by atoms with Gasteiger partial charge in [0.05, 0.1) is 18.6 Å². The molecule has 1 aliphatic heterocycles. The third-order valence-electron chi connectivity index (χ3n) is 7.41. The quantitative estimate of drug-likeness (QED) is 0.506. The van der Waals surface area contributed by atoms with Crippen molar-refractivity contribution in [3.05, 3.63) is 0 Å². The second-order valence-electron chi connectivity index (χ2n) is 9.57. The van der Waals surface area contributed by atoms with Crippen LogP contribution in [-0.4, -0.2) is 31.1 Å². The van der Waals surface area contributed by atoms with E-state index in [0.717, 1.165) is 51.0 Å². The van der Waals surface area contributed by atoms with Gasteiger partial charge in [-0.15, -0.1) is 0 Å². The molecule has 2 aliphatic carbocycles. The molecule has 0 bridgehead atoms. The maximum atomic E-state index is 12.6. The van der Waals surface area contributed by atoms with Crippen LogP contribution in [0.5, 0.6) is 0 Å². The van der Waals surface area contributed by atoms with Crippen LogP contribution in [-0.2, 0) is 19.0 Å². The minimum Gasteiger partial charge on any atom is -0.462 e. The van der Waals surface area contributed by atoms with E-state index in [2.05, 4.69) is 20.8 Å². The summed E-state index contributed by atoms with van der Waals surface area (Å²) in [7, 11) is 0. The summed E-state index contributed by atoms with van der Waals surface area (Å²) >= 11 is 0. The Hall–Kier alpha value is -0.610. The highest BCUT2D eigenvalue weighted by atomic mass is 16.7. The Morgan fingerprint density at radius 1 is 0.929 bits per heavy atom. The molecule has 4 nitrogen and oxygen atoms in total. The monoisotopic (exact) mass is 394 g/mol. The summed E-state index contributed by atoms with van der Waals surface area (Å²) in [5.74, 6) is 1.95. The molecule has 0 spiro atoms. The number of hydrogen-bond donors (Lipinski definition) is 0. The van der Waals surface area contributed by atoms with E-state index in [4.69, 9.17) is 14.2 Å². The van der Waals surface area contributed by atoms with E-state index in [1.165, 1.54) is 38.5 Å². The van der Waals surface area contributed by atoms with Crippen molar-refractivity contribution in [2.24, 2.45) is 23.7 Å². The molecule has 3 fully saturated rings. The van der Waals surface area contributed by atoms with Gasteiger partial charge in [0.25, 0.3) is 0 Å². The van der Waals surface area contributed by atoms with Gasteiger partial charge < -0.3 is 14.2 Å². The average Bonchev–Trinajstić information content (AvgIpc) is 2.71. The first-order valence-electron chi connectivity index (χ1n) is 12.1. The molecule has 3 aliphatic rings. The third kappa shape index (κ3) is 5.95. The Labute approximate surface area is 172 Å². The van der Waals surface area contributed by atoms with Crippen LogP contribution in [0, 0.1) is 23.7 Å². The molecule has 0 aromatic carbocycles. The largest absolute Gasteiger partial charge is 0.462 e. The van der Waals surface area contributed by atoms with Crippen LogP contribution in [0.25, 0.3) is 0 Å². The number of carbonyl (C=O) groups is 1. The molecule has 0 amide bonds. The summed E-state index contributed by atoms with van der Waals surface area (Å²) in [6.45, 7) is 7.49. The second kappa shape index (κ2) is 11.0. The fourth-order valence-electron chi connectivity index (χ4n) is 5.49. The molecule has 0 N–H and O–H groups in total. The van der Waals surface area contributed by atoms with Crippen LogP contribution < -0.4 is 0 Å². The molecule has 4 heteroatoms. The first-order valence-corrected chi connectivity index (χ1v) is 12.1. The standard InChI is InChI=1S/C24H42O4/c1-4-6-18-8-14-22(15-9-18)28-23(25)19-10-12-20(13-11-19)24-26-16-21(7-5-2)17(3)27-24/h17-22,24H,4-16H2,1-3H3/t17?,18-,19-,20-,21?,22-,24?. The molecule has 1 saturated heterocycles. The molecular formula is C24H42O4. The normalized spacial score (nSPS) is 39.5. The first-order chi connectivity index (χ1) is 13.6. The van der Waals surface area contributed by atoms with Crippen LogP contribution in [0.2, 0.25) is 0 Å². The van der Waals surface area contributed by atoms with Crippen molar-refractivity contribution in [2.45, 2.75) is 116 Å². The Kier molecular flexibility index (Phi) is 8.65. The number of esters is 1. The number of rotatable bonds is 7. The molecule has 0 aromatic heterocycles. The van der Waals surface area contributed by atoms with Gasteiger partial charge in [-0.25, -0.2) is 0 Å². The lowest BCUT2D eigenvalue weighted by Crippen LogP contribution is -2.43. The fraction of sp³-hybridized carbons (Fsp3) is 0.958. The van der Waals surface area contributed by atoms with Crippen molar-refractivity contribution in [3.8, 4) is 0 Å². The Morgan fingerprint density at radius 3 is 2.21 bits per heavy atom. The molecule has 28 heavy (non-hydrogen) atoms. The average molecular weight is 395 g/mol. The van der Waals surface area contributed by atoms with Crippen molar-refractivity contribution >= 4 is 5.97 Å². The number of carbonyl (C=O) groups excluding carboxylic acids is 1. The highest BCUT2D eigenvalue weighted by Crippen LogP contribution is 2.37. The maximum Gasteiger partial charge on any atom is 0.309 e. The minimum atomic E-state index is -0.0751. The molecule has 0 radical (unpaired) electrons. The van der Waals surface area contributed by atoms with E-state index < -0.39 is 0 Å². The maximum absolute atomic E-state index is 12.6.